The van der Waals surface area contributed by atoms with Crippen LogP contribution >= 0.6 is 12.2 Å². The van der Waals surface area contributed by atoms with Crippen molar-refractivity contribution in [2.75, 3.05) is 19.6 Å². The van der Waals surface area contributed by atoms with Crippen molar-refractivity contribution >= 4 is 29.0 Å². The number of nitrogens with two attached hydrogens (primary N) is 1. The highest BCUT2D eigenvalue weighted by Crippen LogP contribution is 2.12. The Hall–Kier alpha value is -1.95. The fraction of sp³-hybridized carbons (Fsp3) is 0.400. The summed E-state index contributed by atoms with van der Waals surface area (Å²) in [6.45, 7) is 3.39. The predicted octanol–water partition coefficient (Wildman–Crippen LogP) is 0.902. The molecule has 0 unspecified atom stereocenters. The molecule has 2 rings (SSSR count). The van der Waals surface area contributed by atoms with Crippen molar-refractivity contribution in [3.05, 3.63) is 35.4 Å². The highest BCUT2D eigenvalue weighted by Gasteiger charge is 2.29. The van der Waals surface area contributed by atoms with E-state index in [0.717, 1.165) is 17.5 Å². The third-order valence-corrected chi connectivity index (χ3v) is 3.70. The number of amides is 2. The first-order chi connectivity index (χ1) is 10.0. The van der Waals surface area contributed by atoms with Crippen LogP contribution in [0.1, 0.15) is 24.5 Å². The van der Waals surface area contributed by atoms with E-state index in [4.69, 9.17) is 18.0 Å². The molecule has 1 saturated heterocycles. The molecule has 1 heterocycles. The maximum atomic E-state index is 12.1. The average molecular weight is 305 g/mol. The van der Waals surface area contributed by atoms with Gasteiger partial charge in [0, 0.05) is 18.7 Å². The lowest BCUT2D eigenvalue weighted by molar-refractivity contribution is -0.150. The van der Waals surface area contributed by atoms with Gasteiger partial charge in [-0.15, -0.1) is 0 Å². The second kappa shape index (κ2) is 6.67. The zero-order valence-corrected chi connectivity index (χ0v) is 12.9. The summed E-state index contributed by atoms with van der Waals surface area (Å²) in [7, 11) is 0. The molecule has 1 aromatic carbocycles. The Labute approximate surface area is 129 Å². The van der Waals surface area contributed by atoms with Crippen LogP contribution in [-0.2, 0) is 16.1 Å². The summed E-state index contributed by atoms with van der Waals surface area (Å²) in [6, 6.07) is 7.42. The minimum Gasteiger partial charge on any atom is -0.389 e. The summed E-state index contributed by atoms with van der Waals surface area (Å²) in [5, 5.41) is 0. The van der Waals surface area contributed by atoms with Gasteiger partial charge < -0.3 is 15.5 Å². The topological polar surface area (TPSA) is 66.6 Å². The molecule has 1 aromatic rings. The molecule has 112 valence electrons. The zero-order chi connectivity index (χ0) is 15.4. The summed E-state index contributed by atoms with van der Waals surface area (Å²) >= 11 is 4.90. The van der Waals surface area contributed by atoms with E-state index < -0.39 is 0 Å². The number of carbonyl (C=O) groups is 2. The predicted molar refractivity (Wildman–Crippen MR) is 84.6 cm³/mol. The Morgan fingerprint density at radius 2 is 1.71 bits per heavy atom. The summed E-state index contributed by atoms with van der Waals surface area (Å²) < 4.78 is 0. The van der Waals surface area contributed by atoms with Gasteiger partial charge in [0.2, 0.25) is 11.8 Å². The number of nitrogens with zero attached hydrogens (tertiary/aromatic N) is 2. The largest absolute Gasteiger partial charge is 0.389 e. The number of benzene rings is 1. The minimum atomic E-state index is -0.0125. The van der Waals surface area contributed by atoms with E-state index in [2.05, 4.69) is 0 Å². The van der Waals surface area contributed by atoms with E-state index >= 15 is 0 Å². The van der Waals surface area contributed by atoms with Crippen molar-refractivity contribution in [2.45, 2.75) is 19.9 Å². The van der Waals surface area contributed by atoms with Crippen LogP contribution in [0.15, 0.2) is 24.3 Å². The van der Waals surface area contributed by atoms with Crippen LogP contribution < -0.4 is 5.73 Å². The first-order valence-electron chi connectivity index (χ1n) is 6.95. The SMILES string of the molecule is CCCN1CC(=O)N(Cc2ccc(C(N)=S)cc2)CC1=O. The molecular weight excluding hydrogens is 286 g/mol. The number of hydrogen-bond acceptors (Lipinski definition) is 3. The third-order valence-electron chi connectivity index (χ3n) is 3.46. The highest BCUT2D eigenvalue weighted by molar-refractivity contribution is 7.80. The van der Waals surface area contributed by atoms with Crippen molar-refractivity contribution in [2.24, 2.45) is 5.73 Å². The van der Waals surface area contributed by atoms with Crippen LogP contribution in [0.25, 0.3) is 0 Å². The molecule has 21 heavy (non-hydrogen) atoms. The Bertz CT molecular complexity index is 557. The van der Waals surface area contributed by atoms with E-state index in [1.807, 2.05) is 31.2 Å². The van der Waals surface area contributed by atoms with E-state index in [9.17, 15) is 9.59 Å². The van der Waals surface area contributed by atoms with Gasteiger partial charge in [0.25, 0.3) is 0 Å². The normalized spacial score (nSPS) is 15.5. The van der Waals surface area contributed by atoms with E-state index in [1.165, 1.54) is 0 Å². The first kappa shape index (κ1) is 15.4. The summed E-state index contributed by atoms with van der Waals surface area (Å²) in [5.74, 6) is -0.00215. The molecule has 2 amide bonds. The van der Waals surface area contributed by atoms with Crippen LogP contribution in [-0.4, -0.2) is 46.2 Å². The van der Waals surface area contributed by atoms with Gasteiger partial charge in [-0.1, -0.05) is 43.4 Å². The Morgan fingerprint density at radius 1 is 1.14 bits per heavy atom. The molecule has 0 saturated carbocycles. The van der Waals surface area contributed by atoms with E-state index in [0.29, 0.717) is 18.1 Å². The molecular formula is C15H19N3O2S. The molecule has 1 fully saturated rings. The van der Waals surface area contributed by atoms with Crippen LogP contribution in [0.4, 0.5) is 0 Å². The Morgan fingerprint density at radius 3 is 2.29 bits per heavy atom. The van der Waals surface area contributed by atoms with E-state index in [1.54, 1.807) is 9.80 Å². The molecule has 0 aromatic heterocycles. The van der Waals surface area contributed by atoms with Crippen molar-refractivity contribution in [1.82, 2.24) is 9.80 Å². The number of piperazine rings is 1. The van der Waals surface area contributed by atoms with Gasteiger partial charge in [-0.2, -0.15) is 0 Å². The first-order valence-corrected chi connectivity index (χ1v) is 7.36. The molecule has 2 N–H and O–H groups in total. The highest BCUT2D eigenvalue weighted by atomic mass is 32.1. The maximum Gasteiger partial charge on any atom is 0.242 e. The average Bonchev–Trinajstić information content (AvgIpc) is 2.45. The molecule has 0 atom stereocenters. The monoisotopic (exact) mass is 305 g/mol. The van der Waals surface area contributed by atoms with Crippen LogP contribution in [0.5, 0.6) is 0 Å². The minimum absolute atomic E-state index is 0.0104. The van der Waals surface area contributed by atoms with Gasteiger partial charge in [-0.05, 0) is 12.0 Å². The third kappa shape index (κ3) is 3.78. The lowest BCUT2D eigenvalue weighted by Crippen LogP contribution is -2.53. The standard InChI is InChI=1S/C15H19N3O2S/c1-2-7-17-9-14(20)18(10-13(17)19)8-11-3-5-12(6-4-11)15(16)21/h3-6H,2,7-10H2,1H3,(H2,16,21). The molecule has 1 aliphatic heterocycles. The summed E-state index contributed by atoms with van der Waals surface area (Å²) in [6.07, 6.45) is 0.861. The summed E-state index contributed by atoms with van der Waals surface area (Å²) in [4.78, 5) is 27.6. The fourth-order valence-corrected chi connectivity index (χ4v) is 2.45. The molecule has 0 spiro atoms. The lowest BCUT2D eigenvalue weighted by atomic mass is 10.1. The number of hydrogen-bond donors (Lipinski definition) is 1. The van der Waals surface area contributed by atoms with Crippen LogP contribution in [0, 0.1) is 0 Å². The molecule has 0 aliphatic carbocycles. The van der Waals surface area contributed by atoms with Crippen molar-refractivity contribution in [1.29, 1.82) is 0 Å². The van der Waals surface area contributed by atoms with Crippen LogP contribution in [0.3, 0.4) is 0 Å². The zero-order valence-electron chi connectivity index (χ0n) is 12.0. The number of rotatable bonds is 5. The Balaban J connectivity index is 2.01. The Kier molecular flexibility index (Phi) is 4.90. The van der Waals surface area contributed by atoms with Gasteiger partial charge in [0.05, 0.1) is 6.54 Å². The van der Waals surface area contributed by atoms with Gasteiger partial charge in [0.1, 0.15) is 11.5 Å². The van der Waals surface area contributed by atoms with Crippen molar-refractivity contribution in [3.8, 4) is 0 Å². The van der Waals surface area contributed by atoms with Crippen molar-refractivity contribution in [3.63, 3.8) is 0 Å². The number of thiocarbonyl (C=S) groups is 1. The van der Waals surface area contributed by atoms with Crippen molar-refractivity contribution < 1.29 is 9.59 Å². The molecule has 6 heteroatoms. The second-order valence-electron chi connectivity index (χ2n) is 5.13. The van der Waals surface area contributed by atoms with E-state index in [-0.39, 0.29) is 24.9 Å². The van der Waals surface area contributed by atoms with Crippen LogP contribution in [0.2, 0.25) is 0 Å². The quantitative estimate of drug-likeness (QED) is 0.821. The van der Waals surface area contributed by atoms with Gasteiger partial charge in [0.15, 0.2) is 0 Å². The smallest absolute Gasteiger partial charge is 0.242 e. The lowest BCUT2D eigenvalue weighted by Gasteiger charge is -2.33. The molecule has 0 radical (unpaired) electrons. The molecule has 0 bridgehead atoms. The van der Waals surface area contributed by atoms with Gasteiger partial charge in [-0.3, -0.25) is 9.59 Å². The molecule has 1 aliphatic rings. The molecule has 5 nitrogen and oxygen atoms in total. The van der Waals surface area contributed by atoms with Gasteiger partial charge >= 0.3 is 0 Å². The number of carbonyl (C=O) groups excluding carboxylic acids is 2. The van der Waals surface area contributed by atoms with Gasteiger partial charge in [-0.25, -0.2) is 0 Å². The maximum absolute atomic E-state index is 12.1. The summed E-state index contributed by atoms with van der Waals surface area (Å²) in [5.41, 5.74) is 7.30. The fourth-order valence-electron chi connectivity index (χ4n) is 2.32. The second-order valence-corrected chi connectivity index (χ2v) is 5.57.